The Morgan fingerprint density at radius 2 is 1.80 bits per heavy atom. The van der Waals surface area contributed by atoms with E-state index >= 15 is 0 Å². The first kappa shape index (κ1) is 13.7. The number of anilines is 2. The molecule has 0 aromatic heterocycles. The SMILES string of the molecule is CC1CCC(Nc2ccc(N3CCCC3)c(F)c2)CC1. The second kappa shape index (κ2) is 6.02. The van der Waals surface area contributed by atoms with Crippen LogP contribution in [-0.4, -0.2) is 19.1 Å². The van der Waals surface area contributed by atoms with Crippen molar-refractivity contribution in [1.82, 2.24) is 0 Å². The molecule has 1 aliphatic carbocycles. The second-order valence-electron chi connectivity index (χ2n) is 6.46. The zero-order valence-corrected chi connectivity index (χ0v) is 12.4. The first-order chi connectivity index (χ1) is 9.72. The molecule has 0 amide bonds. The molecule has 1 N–H and O–H groups in total. The van der Waals surface area contributed by atoms with Gasteiger partial charge in [-0.25, -0.2) is 4.39 Å². The van der Waals surface area contributed by atoms with E-state index in [-0.39, 0.29) is 5.82 Å². The number of benzene rings is 1. The molecule has 1 saturated heterocycles. The van der Waals surface area contributed by atoms with Crippen molar-refractivity contribution < 1.29 is 4.39 Å². The van der Waals surface area contributed by atoms with Crippen LogP contribution in [0.2, 0.25) is 0 Å². The lowest BCUT2D eigenvalue weighted by Crippen LogP contribution is -2.25. The van der Waals surface area contributed by atoms with Crippen LogP contribution in [0.4, 0.5) is 15.8 Å². The van der Waals surface area contributed by atoms with Crippen LogP contribution in [0.5, 0.6) is 0 Å². The van der Waals surface area contributed by atoms with E-state index in [0.29, 0.717) is 6.04 Å². The lowest BCUT2D eigenvalue weighted by molar-refractivity contribution is 0.361. The van der Waals surface area contributed by atoms with Crippen LogP contribution < -0.4 is 10.2 Å². The van der Waals surface area contributed by atoms with E-state index in [4.69, 9.17) is 0 Å². The van der Waals surface area contributed by atoms with E-state index < -0.39 is 0 Å². The van der Waals surface area contributed by atoms with E-state index in [2.05, 4.69) is 17.1 Å². The monoisotopic (exact) mass is 276 g/mol. The molecule has 2 nitrogen and oxygen atoms in total. The van der Waals surface area contributed by atoms with Crippen molar-refractivity contribution in [2.45, 2.75) is 51.5 Å². The molecule has 1 aliphatic heterocycles. The van der Waals surface area contributed by atoms with Gasteiger partial charge in [0.1, 0.15) is 5.82 Å². The minimum Gasteiger partial charge on any atom is -0.382 e. The van der Waals surface area contributed by atoms with Crippen molar-refractivity contribution in [3.05, 3.63) is 24.0 Å². The third kappa shape index (κ3) is 3.08. The number of halogens is 1. The molecular weight excluding hydrogens is 251 g/mol. The lowest BCUT2D eigenvalue weighted by Gasteiger charge is -2.28. The summed E-state index contributed by atoms with van der Waals surface area (Å²) in [5.41, 5.74) is 1.70. The highest BCUT2D eigenvalue weighted by Gasteiger charge is 2.19. The van der Waals surface area contributed by atoms with E-state index in [0.717, 1.165) is 30.4 Å². The molecule has 20 heavy (non-hydrogen) atoms. The number of hydrogen-bond acceptors (Lipinski definition) is 2. The number of rotatable bonds is 3. The Morgan fingerprint density at radius 3 is 2.45 bits per heavy atom. The van der Waals surface area contributed by atoms with Gasteiger partial charge in [0, 0.05) is 24.8 Å². The Morgan fingerprint density at radius 1 is 1.10 bits per heavy atom. The van der Waals surface area contributed by atoms with Gasteiger partial charge in [0.25, 0.3) is 0 Å². The zero-order chi connectivity index (χ0) is 13.9. The molecule has 110 valence electrons. The standard InChI is InChI=1S/C17H25FN2/c1-13-4-6-14(7-5-13)19-15-8-9-17(16(18)12-15)20-10-2-3-11-20/h8-9,12-14,19H,2-7,10-11H2,1H3. The van der Waals surface area contributed by atoms with Crippen LogP contribution in [-0.2, 0) is 0 Å². The molecule has 1 aromatic carbocycles. The van der Waals surface area contributed by atoms with Crippen LogP contribution in [0.3, 0.4) is 0 Å². The molecular formula is C17H25FN2. The average molecular weight is 276 g/mol. The summed E-state index contributed by atoms with van der Waals surface area (Å²) in [5.74, 6) is 0.767. The van der Waals surface area contributed by atoms with Gasteiger partial charge in [-0.3, -0.25) is 0 Å². The summed E-state index contributed by atoms with van der Waals surface area (Å²) in [4.78, 5) is 2.15. The summed E-state index contributed by atoms with van der Waals surface area (Å²) in [5, 5.41) is 3.50. The van der Waals surface area contributed by atoms with E-state index in [1.54, 1.807) is 6.07 Å². The predicted octanol–water partition coefficient (Wildman–Crippen LogP) is 4.42. The van der Waals surface area contributed by atoms with Crippen molar-refractivity contribution in [1.29, 1.82) is 0 Å². The third-order valence-corrected chi connectivity index (χ3v) is 4.78. The fourth-order valence-electron chi connectivity index (χ4n) is 3.45. The Kier molecular flexibility index (Phi) is 4.13. The Balaban J connectivity index is 1.64. The summed E-state index contributed by atoms with van der Waals surface area (Å²) in [6, 6.07) is 6.16. The Bertz CT molecular complexity index is 446. The Labute approximate surface area is 121 Å². The maximum absolute atomic E-state index is 14.2. The van der Waals surface area contributed by atoms with Crippen LogP contribution >= 0.6 is 0 Å². The molecule has 0 unspecified atom stereocenters. The van der Waals surface area contributed by atoms with Crippen molar-refractivity contribution in [2.75, 3.05) is 23.3 Å². The highest BCUT2D eigenvalue weighted by Crippen LogP contribution is 2.29. The molecule has 2 aliphatic rings. The van der Waals surface area contributed by atoms with E-state index in [1.807, 2.05) is 12.1 Å². The topological polar surface area (TPSA) is 15.3 Å². The van der Waals surface area contributed by atoms with Gasteiger partial charge in [-0.15, -0.1) is 0 Å². The van der Waals surface area contributed by atoms with Crippen LogP contribution in [0.1, 0.15) is 45.4 Å². The highest BCUT2D eigenvalue weighted by atomic mass is 19.1. The largest absolute Gasteiger partial charge is 0.382 e. The second-order valence-corrected chi connectivity index (χ2v) is 6.46. The van der Waals surface area contributed by atoms with Gasteiger partial charge < -0.3 is 10.2 Å². The molecule has 2 fully saturated rings. The molecule has 1 saturated carbocycles. The quantitative estimate of drug-likeness (QED) is 0.879. The predicted molar refractivity (Wildman–Crippen MR) is 82.9 cm³/mol. The summed E-state index contributed by atoms with van der Waals surface area (Å²) < 4.78 is 14.2. The van der Waals surface area contributed by atoms with Crippen LogP contribution in [0.25, 0.3) is 0 Å². The van der Waals surface area contributed by atoms with Crippen LogP contribution in [0.15, 0.2) is 18.2 Å². The summed E-state index contributed by atoms with van der Waals surface area (Å²) in [6.45, 7) is 4.30. The molecule has 1 aromatic rings. The summed E-state index contributed by atoms with van der Waals surface area (Å²) in [7, 11) is 0. The minimum atomic E-state index is -0.0823. The molecule has 0 spiro atoms. The van der Waals surface area contributed by atoms with Crippen molar-refractivity contribution in [3.8, 4) is 0 Å². The molecule has 0 atom stereocenters. The molecule has 1 heterocycles. The van der Waals surface area contributed by atoms with Gasteiger partial charge in [0.05, 0.1) is 5.69 Å². The third-order valence-electron chi connectivity index (χ3n) is 4.78. The van der Waals surface area contributed by atoms with Gasteiger partial charge in [-0.05, 0) is 62.6 Å². The van der Waals surface area contributed by atoms with Gasteiger partial charge in [0.2, 0.25) is 0 Å². The molecule has 0 radical (unpaired) electrons. The number of nitrogens with zero attached hydrogens (tertiary/aromatic N) is 1. The van der Waals surface area contributed by atoms with E-state index in [9.17, 15) is 4.39 Å². The number of hydrogen-bond donors (Lipinski definition) is 1. The maximum Gasteiger partial charge on any atom is 0.148 e. The minimum absolute atomic E-state index is 0.0823. The van der Waals surface area contributed by atoms with Crippen molar-refractivity contribution in [3.63, 3.8) is 0 Å². The van der Waals surface area contributed by atoms with Gasteiger partial charge in [-0.2, -0.15) is 0 Å². The van der Waals surface area contributed by atoms with E-state index in [1.165, 1.54) is 38.5 Å². The van der Waals surface area contributed by atoms with Crippen molar-refractivity contribution in [2.24, 2.45) is 5.92 Å². The van der Waals surface area contributed by atoms with Crippen LogP contribution in [0, 0.1) is 11.7 Å². The fourth-order valence-corrected chi connectivity index (χ4v) is 3.45. The zero-order valence-electron chi connectivity index (χ0n) is 12.4. The first-order valence-corrected chi connectivity index (χ1v) is 8.03. The number of nitrogens with one attached hydrogen (secondary N) is 1. The summed E-state index contributed by atoms with van der Waals surface area (Å²) in [6.07, 6.45) is 7.34. The normalized spacial score (nSPS) is 26.8. The fraction of sp³-hybridized carbons (Fsp3) is 0.647. The average Bonchev–Trinajstić information content (AvgIpc) is 2.95. The smallest absolute Gasteiger partial charge is 0.148 e. The van der Waals surface area contributed by atoms with Crippen molar-refractivity contribution >= 4 is 11.4 Å². The van der Waals surface area contributed by atoms with Gasteiger partial charge in [0.15, 0.2) is 0 Å². The highest BCUT2D eigenvalue weighted by molar-refractivity contribution is 5.57. The van der Waals surface area contributed by atoms with Gasteiger partial charge in [-0.1, -0.05) is 6.92 Å². The first-order valence-electron chi connectivity index (χ1n) is 8.03. The Hall–Kier alpha value is -1.25. The molecule has 3 heteroatoms. The maximum atomic E-state index is 14.2. The molecule has 0 bridgehead atoms. The molecule has 3 rings (SSSR count). The summed E-state index contributed by atoms with van der Waals surface area (Å²) >= 11 is 0. The lowest BCUT2D eigenvalue weighted by atomic mass is 9.87. The van der Waals surface area contributed by atoms with Gasteiger partial charge >= 0.3 is 0 Å².